The molecule has 25 heavy (non-hydrogen) atoms. The van der Waals surface area contributed by atoms with Crippen LogP contribution in [0.15, 0.2) is 0 Å². The van der Waals surface area contributed by atoms with Gasteiger partial charge in [0.1, 0.15) is 55.9 Å². The highest BCUT2D eigenvalue weighted by atomic mass is 16.8. The molecule has 0 aromatic carbocycles. The van der Waals surface area contributed by atoms with Gasteiger partial charge >= 0.3 is 0 Å². The highest BCUT2D eigenvalue weighted by molar-refractivity contribution is 5.36. The number of hydrogen-bond acceptors (Lipinski definition) is 12. The Bertz CT molecular complexity index is 449. The summed E-state index contributed by atoms with van der Waals surface area (Å²) in [6.45, 7) is -2.05. The van der Waals surface area contributed by atoms with Crippen molar-refractivity contribution in [3.63, 3.8) is 0 Å². The zero-order valence-corrected chi connectivity index (χ0v) is 13.0. The number of aliphatic hydroxyl groups excluding tert-OH is 7. The second-order valence-electron chi connectivity index (χ2n) is 5.81. The lowest BCUT2D eigenvalue weighted by molar-refractivity contribution is -0.383. The first-order valence-electron chi connectivity index (χ1n) is 7.49. The minimum Gasteiger partial charge on any atom is -0.465 e. The third-order valence-electron chi connectivity index (χ3n) is 4.22. The van der Waals surface area contributed by atoms with E-state index in [1.165, 1.54) is 0 Å². The molecule has 0 saturated carbocycles. The van der Waals surface area contributed by atoms with E-state index in [0.29, 0.717) is 0 Å². The second kappa shape index (κ2) is 8.18. The first kappa shape index (κ1) is 20.4. The number of rotatable bonds is 7. The van der Waals surface area contributed by atoms with Crippen molar-refractivity contribution >= 4 is 6.47 Å². The maximum atomic E-state index is 10.3. The fraction of sp³-hybridized carbons (Fsp3) is 0.923. The van der Waals surface area contributed by atoms with Crippen LogP contribution >= 0.6 is 0 Å². The summed E-state index contributed by atoms with van der Waals surface area (Å²) in [5.74, 6) is -2.25. The predicted octanol–water partition coefficient (Wildman–Crippen LogP) is -5.21. The summed E-state index contributed by atoms with van der Waals surface area (Å²) in [5.41, 5.74) is 0. The number of hydrogen-bond donors (Lipinski definition) is 7. The highest BCUT2D eigenvalue weighted by Crippen LogP contribution is 2.35. The van der Waals surface area contributed by atoms with Gasteiger partial charge in [-0.05, 0) is 0 Å². The molecule has 3 unspecified atom stereocenters. The quantitative estimate of drug-likeness (QED) is 0.211. The van der Waals surface area contributed by atoms with Crippen LogP contribution in [0.4, 0.5) is 0 Å². The van der Waals surface area contributed by atoms with E-state index in [0.717, 1.165) is 0 Å². The minimum atomic E-state index is -2.25. The molecule has 0 aromatic heterocycles. The monoisotopic (exact) mass is 370 g/mol. The van der Waals surface area contributed by atoms with Crippen molar-refractivity contribution in [2.75, 3.05) is 19.8 Å². The lowest BCUT2D eigenvalue weighted by atomic mass is 9.99. The number of carbonyl (C=O) groups is 1. The van der Waals surface area contributed by atoms with Crippen LogP contribution in [0.5, 0.6) is 0 Å². The van der Waals surface area contributed by atoms with Crippen LogP contribution in [-0.2, 0) is 23.7 Å². The van der Waals surface area contributed by atoms with Crippen molar-refractivity contribution in [3.05, 3.63) is 0 Å². The lowest BCUT2D eigenvalue weighted by Crippen LogP contribution is -2.62. The molecule has 0 bridgehead atoms. The zero-order chi connectivity index (χ0) is 18.8. The summed E-state index contributed by atoms with van der Waals surface area (Å²) < 4.78 is 20.1. The normalized spacial score (nSPS) is 47.6. The molecule has 2 rings (SSSR count). The van der Waals surface area contributed by atoms with E-state index in [1.807, 2.05) is 0 Å². The molecule has 0 aromatic rings. The molecular weight excluding hydrogens is 348 g/mol. The van der Waals surface area contributed by atoms with Gasteiger partial charge in [0.25, 0.3) is 6.47 Å². The van der Waals surface area contributed by atoms with Crippen LogP contribution < -0.4 is 0 Å². The molecule has 0 amide bonds. The van der Waals surface area contributed by atoms with Crippen LogP contribution in [-0.4, -0.2) is 117 Å². The van der Waals surface area contributed by atoms with E-state index >= 15 is 0 Å². The third-order valence-corrected chi connectivity index (χ3v) is 4.22. The van der Waals surface area contributed by atoms with Gasteiger partial charge in [-0.15, -0.1) is 0 Å². The van der Waals surface area contributed by atoms with Gasteiger partial charge < -0.3 is 54.7 Å². The molecule has 0 aliphatic carbocycles. The lowest BCUT2D eigenvalue weighted by Gasteiger charge is -2.43. The second-order valence-corrected chi connectivity index (χ2v) is 5.81. The summed E-state index contributed by atoms with van der Waals surface area (Å²) in [5, 5.41) is 68.2. The summed E-state index contributed by atoms with van der Waals surface area (Å²) in [6, 6.07) is 0. The molecule has 7 N–H and O–H groups in total. The van der Waals surface area contributed by atoms with E-state index in [2.05, 4.69) is 4.74 Å². The molecule has 9 atom stereocenters. The largest absolute Gasteiger partial charge is 0.465 e. The Balaban J connectivity index is 2.16. The molecule has 2 heterocycles. The van der Waals surface area contributed by atoms with Crippen LogP contribution in [0.2, 0.25) is 0 Å². The van der Waals surface area contributed by atoms with E-state index in [1.54, 1.807) is 0 Å². The van der Waals surface area contributed by atoms with Crippen LogP contribution in [0.3, 0.4) is 0 Å². The Kier molecular flexibility index (Phi) is 6.67. The molecular formula is C13H22O12. The number of carbonyl (C=O) groups excluding carboxylic acids is 1. The molecule has 2 saturated heterocycles. The minimum absolute atomic E-state index is 0.0879. The van der Waals surface area contributed by atoms with Gasteiger partial charge in [0.05, 0.1) is 6.61 Å². The highest BCUT2D eigenvalue weighted by Gasteiger charge is 2.58. The molecule has 146 valence electrons. The van der Waals surface area contributed by atoms with Crippen molar-refractivity contribution < 1.29 is 59.5 Å². The predicted molar refractivity (Wildman–Crippen MR) is 73.6 cm³/mol. The van der Waals surface area contributed by atoms with Crippen molar-refractivity contribution in [2.45, 2.75) is 54.8 Å². The standard InChI is InChI=1S/C13H22O12/c14-1-5-8(18)11(21)13(3-15,24-5)25-12-10(20)9(19)7(17)6(23-12)2-22-4-16/h4-12,14-15,17-21H,1-3H2/t5-,6?,7-,8+,9?,10+,11?,12-,13+/m1/s1. The Morgan fingerprint density at radius 2 is 1.64 bits per heavy atom. The number of aliphatic hydroxyl groups is 7. The van der Waals surface area contributed by atoms with Gasteiger partial charge in [0.2, 0.25) is 5.79 Å². The fourth-order valence-corrected chi connectivity index (χ4v) is 2.75. The first-order valence-corrected chi connectivity index (χ1v) is 7.49. The van der Waals surface area contributed by atoms with E-state index < -0.39 is 74.6 Å². The molecule has 2 fully saturated rings. The van der Waals surface area contributed by atoms with Gasteiger partial charge in [-0.3, -0.25) is 4.79 Å². The van der Waals surface area contributed by atoms with E-state index in [-0.39, 0.29) is 6.47 Å². The maximum Gasteiger partial charge on any atom is 0.293 e. The van der Waals surface area contributed by atoms with Crippen LogP contribution in [0, 0.1) is 0 Å². The molecule has 12 nitrogen and oxygen atoms in total. The average Bonchev–Trinajstić information content (AvgIpc) is 2.86. The third kappa shape index (κ3) is 3.78. The van der Waals surface area contributed by atoms with Gasteiger partial charge in [0, 0.05) is 0 Å². The summed E-state index contributed by atoms with van der Waals surface area (Å²) in [4.78, 5) is 10.3. The fourth-order valence-electron chi connectivity index (χ4n) is 2.75. The number of ether oxygens (including phenoxy) is 4. The zero-order valence-electron chi connectivity index (χ0n) is 13.0. The van der Waals surface area contributed by atoms with Crippen molar-refractivity contribution in [2.24, 2.45) is 0 Å². The smallest absolute Gasteiger partial charge is 0.293 e. The average molecular weight is 370 g/mol. The molecule has 2 aliphatic heterocycles. The van der Waals surface area contributed by atoms with Gasteiger partial charge in [-0.2, -0.15) is 0 Å². The summed E-state index contributed by atoms with van der Waals surface area (Å²) in [6.07, 6.45) is -12.8. The SMILES string of the molecule is O=COCC1O[C@H](O[C@]2(CO)O[C@H](CO)[C@H](O)C2O)[C@@H](O)C(O)[C@@H]1O. The van der Waals surface area contributed by atoms with Crippen LogP contribution in [0.25, 0.3) is 0 Å². The maximum absolute atomic E-state index is 10.3. The Hall–Kier alpha value is -0.930. The Labute approximate surface area is 141 Å². The first-order chi connectivity index (χ1) is 11.8. The van der Waals surface area contributed by atoms with Gasteiger partial charge in [0.15, 0.2) is 6.29 Å². The van der Waals surface area contributed by atoms with E-state index in [9.17, 15) is 35.4 Å². The van der Waals surface area contributed by atoms with Crippen molar-refractivity contribution in [1.29, 1.82) is 0 Å². The van der Waals surface area contributed by atoms with Crippen molar-refractivity contribution in [3.8, 4) is 0 Å². The Morgan fingerprint density at radius 3 is 2.16 bits per heavy atom. The van der Waals surface area contributed by atoms with Gasteiger partial charge in [-0.1, -0.05) is 0 Å². The molecule has 12 heteroatoms. The Morgan fingerprint density at radius 1 is 0.960 bits per heavy atom. The molecule has 0 radical (unpaired) electrons. The van der Waals surface area contributed by atoms with E-state index in [4.69, 9.17) is 19.3 Å². The van der Waals surface area contributed by atoms with Crippen LogP contribution in [0.1, 0.15) is 0 Å². The summed E-state index contributed by atoms with van der Waals surface area (Å²) in [7, 11) is 0. The summed E-state index contributed by atoms with van der Waals surface area (Å²) >= 11 is 0. The van der Waals surface area contributed by atoms with Crippen molar-refractivity contribution in [1.82, 2.24) is 0 Å². The van der Waals surface area contributed by atoms with Gasteiger partial charge in [-0.25, -0.2) is 0 Å². The molecule has 2 aliphatic rings. The topological polar surface area (TPSA) is 196 Å². The molecule has 0 spiro atoms.